The molecule has 0 atom stereocenters. The lowest BCUT2D eigenvalue weighted by Gasteiger charge is -2.10. The van der Waals surface area contributed by atoms with Crippen LogP contribution in [-0.2, 0) is 16.1 Å². The highest BCUT2D eigenvalue weighted by atomic mass is 16.5. The number of rotatable bonds is 8. The molecule has 2 aromatic carbocycles. The van der Waals surface area contributed by atoms with Crippen LogP contribution in [0.2, 0.25) is 0 Å². The van der Waals surface area contributed by atoms with Crippen molar-refractivity contribution in [1.82, 2.24) is 9.78 Å². The fourth-order valence-electron chi connectivity index (χ4n) is 2.62. The number of amides is 1. The maximum Gasteiger partial charge on any atom is 0.338 e. The number of methoxy groups -OCH3 is 2. The van der Waals surface area contributed by atoms with Crippen molar-refractivity contribution in [2.45, 2.75) is 6.54 Å². The van der Waals surface area contributed by atoms with E-state index < -0.39 is 18.5 Å². The molecule has 1 amide bonds. The van der Waals surface area contributed by atoms with Crippen LogP contribution in [0.4, 0.5) is 5.69 Å². The minimum absolute atomic E-state index is 0.366. The molecule has 8 heteroatoms. The van der Waals surface area contributed by atoms with Gasteiger partial charge in [-0.25, -0.2) is 4.79 Å². The highest BCUT2D eigenvalue weighted by Crippen LogP contribution is 2.25. The molecule has 8 nitrogen and oxygen atoms in total. The molecule has 1 heterocycles. The smallest absolute Gasteiger partial charge is 0.338 e. The first kappa shape index (κ1) is 19.9. The predicted octanol–water partition coefficient (Wildman–Crippen LogP) is 2.74. The number of hydrogen-bond donors (Lipinski definition) is 1. The van der Waals surface area contributed by atoms with E-state index in [-0.39, 0.29) is 0 Å². The molecule has 0 radical (unpaired) electrons. The van der Waals surface area contributed by atoms with Gasteiger partial charge in [0.25, 0.3) is 5.91 Å². The molecule has 150 valence electrons. The summed E-state index contributed by atoms with van der Waals surface area (Å²) in [6.07, 6.45) is 3.57. The molecule has 0 saturated heterocycles. The van der Waals surface area contributed by atoms with Gasteiger partial charge < -0.3 is 19.5 Å². The lowest BCUT2D eigenvalue weighted by molar-refractivity contribution is -0.119. The second-order valence-corrected chi connectivity index (χ2v) is 6.13. The Morgan fingerprint density at radius 2 is 1.72 bits per heavy atom. The molecular weight excluding hydrogens is 374 g/mol. The summed E-state index contributed by atoms with van der Waals surface area (Å²) >= 11 is 0. The molecule has 1 N–H and O–H groups in total. The highest BCUT2D eigenvalue weighted by molar-refractivity contribution is 5.95. The third kappa shape index (κ3) is 5.58. The lowest BCUT2D eigenvalue weighted by atomic mass is 10.1. The zero-order valence-electron chi connectivity index (χ0n) is 16.1. The van der Waals surface area contributed by atoms with E-state index in [1.165, 1.54) is 14.2 Å². The van der Waals surface area contributed by atoms with Crippen molar-refractivity contribution in [3.05, 3.63) is 72.1 Å². The van der Waals surface area contributed by atoms with Gasteiger partial charge in [-0.2, -0.15) is 5.10 Å². The molecule has 29 heavy (non-hydrogen) atoms. The van der Waals surface area contributed by atoms with E-state index >= 15 is 0 Å². The molecule has 0 aliphatic carbocycles. The first-order valence-corrected chi connectivity index (χ1v) is 8.84. The number of aromatic nitrogens is 2. The van der Waals surface area contributed by atoms with E-state index in [1.807, 2.05) is 24.4 Å². The van der Waals surface area contributed by atoms with Crippen LogP contribution in [0.15, 0.2) is 60.9 Å². The number of hydrogen-bond acceptors (Lipinski definition) is 6. The van der Waals surface area contributed by atoms with Crippen LogP contribution in [0, 0.1) is 0 Å². The maximum atomic E-state index is 12.2. The maximum absolute atomic E-state index is 12.2. The van der Waals surface area contributed by atoms with E-state index in [9.17, 15) is 9.59 Å². The summed E-state index contributed by atoms with van der Waals surface area (Å²) in [5.74, 6) is 0.0247. The van der Waals surface area contributed by atoms with E-state index in [4.69, 9.17) is 14.2 Å². The van der Waals surface area contributed by atoms with E-state index in [2.05, 4.69) is 10.4 Å². The summed E-state index contributed by atoms with van der Waals surface area (Å²) in [7, 11) is 3.03. The minimum Gasteiger partial charge on any atom is -0.497 e. The highest BCUT2D eigenvalue weighted by Gasteiger charge is 2.12. The zero-order chi connectivity index (χ0) is 20.6. The normalized spacial score (nSPS) is 10.3. The summed E-state index contributed by atoms with van der Waals surface area (Å²) < 4.78 is 17.2. The Balaban J connectivity index is 1.53. The molecule has 0 fully saturated rings. The second kappa shape index (κ2) is 9.41. The summed E-state index contributed by atoms with van der Waals surface area (Å²) in [5.41, 5.74) is 1.84. The van der Waals surface area contributed by atoms with Crippen LogP contribution in [-0.4, -0.2) is 42.5 Å². The van der Waals surface area contributed by atoms with Crippen LogP contribution >= 0.6 is 0 Å². The first-order chi connectivity index (χ1) is 14.1. The number of carbonyl (C=O) groups excluding carboxylic acids is 2. The van der Waals surface area contributed by atoms with Gasteiger partial charge in [0.15, 0.2) is 6.61 Å². The standard InChI is InChI=1S/C21H21N3O5/c1-27-18-10-17(11-19(12-18)28-2)23-20(25)14-29-21(26)16-6-4-15(5-7-16)13-24-9-3-8-22-24/h3-12H,13-14H2,1-2H3,(H,23,25). The van der Waals surface area contributed by atoms with E-state index in [0.717, 1.165) is 5.56 Å². The Morgan fingerprint density at radius 3 is 2.31 bits per heavy atom. The molecule has 3 aromatic rings. The Hall–Kier alpha value is -3.81. The van der Waals surface area contributed by atoms with Crippen LogP contribution in [0.3, 0.4) is 0 Å². The summed E-state index contributed by atoms with van der Waals surface area (Å²) in [6, 6.07) is 13.8. The minimum atomic E-state index is -0.575. The van der Waals surface area contributed by atoms with Crippen molar-refractivity contribution in [1.29, 1.82) is 0 Å². The Labute approximate surface area is 168 Å². The SMILES string of the molecule is COc1cc(NC(=O)COC(=O)c2ccc(Cn3cccn3)cc2)cc(OC)c1. The zero-order valence-corrected chi connectivity index (χ0v) is 16.1. The van der Waals surface area contributed by atoms with Gasteiger partial charge in [-0.05, 0) is 23.8 Å². The molecule has 0 saturated carbocycles. The molecule has 0 spiro atoms. The van der Waals surface area contributed by atoms with Crippen LogP contribution in [0.5, 0.6) is 11.5 Å². The lowest BCUT2D eigenvalue weighted by Crippen LogP contribution is -2.21. The molecule has 0 bridgehead atoms. The fraction of sp³-hybridized carbons (Fsp3) is 0.190. The summed E-state index contributed by atoms with van der Waals surface area (Å²) in [4.78, 5) is 24.3. The van der Waals surface area contributed by atoms with Crippen molar-refractivity contribution < 1.29 is 23.8 Å². The number of ether oxygens (including phenoxy) is 3. The van der Waals surface area contributed by atoms with E-state index in [1.54, 1.807) is 41.2 Å². The number of nitrogens with one attached hydrogen (secondary N) is 1. The van der Waals surface area contributed by atoms with Gasteiger partial charge in [-0.3, -0.25) is 9.48 Å². The molecular formula is C21H21N3O5. The number of esters is 1. The summed E-state index contributed by atoms with van der Waals surface area (Å²) in [5, 5.41) is 6.79. The van der Waals surface area contributed by atoms with Gasteiger partial charge in [0, 0.05) is 36.3 Å². The topological polar surface area (TPSA) is 91.7 Å². The second-order valence-electron chi connectivity index (χ2n) is 6.13. The Kier molecular flexibility index (Phi) is 6.47. The average Bonchev–Trinajstić information content (AvgIpc) is 3.25. The molecule has 0 aliphatic heterocycles. The quantitative estimate of drug-likeness (QED) is 0.590. The van der Waals surface area contributed by atoms with Crippen molar-refractivity contribution in [3.63, 3.8) is 0 Å². The first-order valence-electron chi connectivity index (χ1n) is 8.84. The van der Waals surface area contributed by atoms with Gasteiger partial charge in [0.1, 0.15) is 11.5 Å². The van der Waals surface area contributed by atoms with Crippen LogP contribution in [0.25, 0.3) is 0 Å². The third-order valence-corrected chi connectivity index (χ3v) is 4.06. The van der Waals surface area contributed by atoms with Crippen molar-refractivity contribution >= 4 is 17.6 Å². The van der Waals surface area contributed by atoms with Crippen LogP contribution in [0.1, 0.15) is 15.9 Å². The largest absolute Gasteiger partial charge is 0.497 e. The van der Waals surface area contributed by atoms with Gasteiger partial charge in [-0.15, -0.1) is 0 Å². The summed E-state index contributed by atoms with van der Waals surface area (Å²) in [6.45, 7) is 0.197. The average molecular weight is 395 g/mol. The van der Waals surface area contributed by atoms with Gasteiger partial charge in [0.2, 0.25) is 0 Å². The van der Waals surface area contributed by atoms with Crippen molar-refractivity contribution in [2.75, 3.05) is 26.1 Å². The number of benzene rings is 2. The number of anilines is 1. The Bertz CT molecular complexity index is 946. The van der Waals surface area contributed by atoms with Crippen molar-refractivity contribution in [3.8, 4) is 11.5 Å². The van der Waals surface area contributed by atoms with Crippen LogP contribution < -0.4 is 14.8 Å². The molecule has 0 aliphatic rings. The third-order valence-electron chi connectivity index (χ3n) is 4.06. The number of carbonyl (C=O) groups is 2. The molecule has 3 rings (SSSR count). The Morgan fingerprint density at radius 1 is 1.03 bits per heavy atom. The fourth-order valence-corrected chi connectivity index (χ4v) is 2.62. The molecule has 1 aromatic heterocycles. The van der Waals surface area contributed by atoms with Crippen molar-refractivity contribution in [2.24, 2.45) is 0 Å². The number of nitrogens with zero attached hydrogens (tertiary/aromatic N) is 2. The molecule has 0 unspecified atom stereocenters. The van der Waals surface area contributed by atoms with Gasteiger partial charge >= 0.3 is 5.97 Å². The predicted molar refractivity (Wildman–Crippen MR) is 106 cm³/mol. The van der Waals surface area contributed by atoms with Gasteiger partial charge in [-0.1, -0.05) is 12.1 Å². The monoisotopic (exact) mass is 395 g/mol. The van der Waals surface area contributed by atoms with E-state index in [0.29, 0.717) is 29.3 Å². The van der Waals surface area contributed by atoms with Gasteiger partial charge in [0.05, 0.1) is 26.3 Å².